The molecule has 0 bridgehead atoms. The molecule has 0 aliphatic rings. The molecule has 0 heterocycles. The van der Waals surface area contributed by atoms with Crippen LogP contribution < -0.4 is 10.6 Å². The highest BCUT2D eigenvalue weighted by molar-refractivity contribution is 5.73. The molecule has 0 aromatic rings. The SMILES string of the molecule is CC(C)[C@@H](NCCNC(=O)OC(C)(C)C)C(=O)O. The molecule has 0 aliphatic heterocycles. The van der Waals surface area contributed by atoms with Crippen LogP contribution in [0.25, 0.3) is 0 Å². The number of alkyl carbamates (subject to hydrolysis) is 1. The predicted molar refractivity (Wildman–Crippen MR) is 68.5 cm³/mol. The maximum atomic E-state index is 11.3. The van der Waals surface area contributed by atoms with E-state index in [4.69, 9.17) is 9.84 Å². The number of hydrogen-bond donors (Lipinski definition) is 3. The summed E-state index contributed by atoms with van der Waals surface area (Å²) in [6.45, 7) is 9.71. The van der Waals surface area contributed by atoms with E-state index in [9.17, 15) is 9.59 Å². The molecule has 18 heavy (non-hydrogen) atoms. The number of aliphatic carboxylic acids is 1. The molecule has 0 aromatic heterocycles. The first-order valence-electron chi connectivity index (χ1n) is 6.06. The first-order chi connectivity index (χ1) is 8.13. The fourth-order valence-corrected chi connectivity index (χ4v) is 1.31. The van der Waals surface area contributed by atoms with Crippen LogP contribution in [0.4, 0.5) is 4.79 Å². The molecule has 6 nitrogen and oxygen atoms in total. The van der Waals surface area contributed by atoms with Crippen LogP contribution in [0.15, 0.2) is 0 Å². The van der Waals surface area contributed by atoms with Crippen molar-refractivity contribution in [3.05, 3.63) is 0 Å². The molecule has 0 rings (SSSR count). The summed E-state index contributed by atoms with van der Waals surface area (Å²) < 4.78 is 5.05. The maximum absolute atomic E-state index is 11.3. The lowest BCUT2D eigenvalue weighted by molar-refractivity contribution is -0.140. The summed E-state index contributed by atoms with van der Waals surface area (Å²) in [5, 5.41) is 14.4. The summed E-state index contributed by atoms with van der Waals surface area (Å²) >= 11 is 0. The van der Waals surface area contributed by atoms with E-state index in [-0.39, 0.29) is 5.92 Å². The highest BCUT2D eigenvalue weighted by atomic mass is 16.6. The van der Waals surface area contributed by atoms with Gasteiger partial charge >= 0.3 is 12.1 Å². The van der Waals surface area contributed by atoms with E-state index >= 15 is 0 Å². The molecule has 0 spiro atoms. The molecule has 0 aliphatic carbocycles. The van der Waals surface area contributed by atoms with Crippen LogP contribution in [-0.2, 0) is 9.53 Å². The molecule has 1 atom stereocenters. The van der Waals surface area contributed by atoms with E-state index in [0.29, 0.717) is 13.1 Å². The minimum atomic E-state index is -0.887. The molecule has 6 heteroatoms. The second kappa shape index (κ2) is 7.20. The van der Waals surface area contributed by atoms with Crippen molar-refractivity contribution in [2.24, 2.45) is 5.92 Å². The molecular weight excluding hydrogens is 236 g/mol. The highest BCUT2D eigenvalue weighted by Crippen LogP contribution is 2.06. The van der Waals surface area contributed by atoms with Gasteiger partial charge in [0.2, 0.25) is 0 Å². The monoisotopic (exact) mass is 260 g/mol. The zero-order valence-corrected chi connectivity index (χ0v) is 11.7. The van der Waals surface area contributed by atoms with Crippen LogP contribution in [0.2, 0.25) is 0 Å². The van der Waals surface area contributed by atoms with Crippen LogP contribution in [-0.4, -0.2) is 41.9 Å². The molecule has 0 radical (unpaired) electrons. The van der Waals surface area contributed by atoms with Gasteiger partial charge in [0.1, 0.15) is 11.6 Å². The van der Waals surface area contributed by atoms with Gasteiger partial charge < -0.3 is 20.5 Å². The third-order valence-corrected chi connectivity index (χ3v) is 2.09. The first-order valence-corrected chi connectivity index (χ1v) is 6.06. The fraction of sp³-hybridized carbons (Fsp3) is 0.833. The fourth-order valence-electron chi connectivity index (χ4n) is 1.31. The molecule has 0 saturated carbocycles. The predicted octanol–water partition coefficient (Wildman–Crippen LogP) is 1.21. The summed E-state index contributed by atoms with van der Waals surface area (Å²) in [6.07, 6.45) is -0.499. The van der Waals surface area contributed by atoms with Crippen molar-refractivity contribution in [3.8, 4) is 0 Å². The van der Waals surface area contributed by atoms with E-state index in [0.717, 1.165) is 0 Å². The number of carbonyl (C=O) groups is 2. The number of amides is 1. The number of carboxylic acid groups (broad SMARTS) is 1. The summed E-state index contributed by atoms with van der Waals surface area (Å²) in [4.78, 5) is 22.2. The third kappa shape index (κ3) is 7.89. The molecule has 3 N–H and O–H groups in total. The Bertz CT molecular complexity index is 284. The van der Waals surface area contributed by atoms with Gasteiger partial charge in [0.05, 0.1) is 0 Å². The lowest BCUT2D eigenvalue weighted by atomic mass is 10.1. The lowest BCUT2D eigenvalue weighted by Crippen LogP contribution is -2.44. The van der Waals surface area contributed by atoms with Gasteiger partial charge in [0, 0.05) is 13.1 Å². The Morgan fingerprint density at radius 3 is 2.17 bits per heavy atom. The average Bonchev–Trinajstić information content (AvgIpc) is 2.12. The molecular formula is C12H24N2O4. The van der Waals surface area contributed by atoms with E-state index in [2.05, 4.69) is 10.6 Å². The van der Waals surface area contributed by atoms with Gasteiger partial charge in [-0.15, -0.1) is 0 Å². The molecule has 1 amide bonds. The standard InChI is InChI=1S/C12H24N2O4/c1-8(2)9(10(15)16)13-6-7-14-11(17)18-12(3,4)5/h8-9,13H,6-7H2,1-5H3,(H,14,17)(H,15,16)/t9-/m1/s1. The van der Waals surface area contributed by atoms with Crippen molar-refractivity contribution in [1.82, 2.24) is 10.6 Å². The van der Waals surface area contributed by atoms with Crippen molar-refractivity contribution in [2.75, 3.05) is 13.1 Å². The largest absolute Gasteiger partial charge is 0.480 e. The van der Waals surface area contributed by atoms with Gasteiger partial charge in [0.25, 0.3) is 0 Å². The molecule has 0 saturated heterocycles. The van der Waals surface area contributed by atoms with Gasteiger partial charge in [-0.3, -0.25) is 4.79 Å². The van der Waals surface area contributed by atoms with Gasteiger partial charge in [-0.05, 0) is 26.7 Å². The van der Waals surface area contributed by atoms with Crippen molar-refractivity contribution in [3.63, 3.8) is 0 Å². The number of carbonyl (C=O) groups excluding carboxylic acids is 1. The summed E-state index contributed by atoms with van der Waals surface area (Å²) in [7, 11) is 0. The minimum Gasteiger partial charge on any atom is -0.480 e. The Morgan fingerprint density at radius 2 is 1.78 bits per heavy atom. The van der Waals surface area contributed by atoms with E-state index in [1.165, 1.54) is 0 Å². The highest BCUT2D eigenvalue weighted by Gasteiger charge is 2.20. The van der Waals surface area contributed by atoms with Gasteiger partial charge in [-0.1, -0.05) is 13.8 Å². The number of hydrogen-bond acceptors (Lipinski definition) is 4. The third-order valence-electron chi connectivity index (χ3n) is 2.09. The average molecular weight is 260 g/mol. The van der Waals surface area contributed by atoms with Crippen LogP contribution in [0.5, 0.6) is 0 Å². The minimum absolute atomic E-state index is 0.0102. The van der Waals surface area contributed by atoms with E-state index < -0.39 is 23.7 Å². The lowest BCUT2D eigenvalue weighted by Gasteiger charge is -2.20. The van der Waals surface area contributed by atoms with Crippen molar-refractivity contribution >= 4 is 12.1 Å². The van der Waals surface area contributed by atoms with Gasteiger partial charge in [0.15, 0.2) is 0 Å². The second-order valence-corrected chi connectivity index (χ2v) is 5.44. The summed E-state index contributed by atoms with van der Waals surface area (Å²) in [5.41, 5.74) is -0.529. The van der Waals surface area contributed by atoms with Gasteiger partial charge in [-0.25, -0.2) is 4.79 Å². The Kier molecular flexibility index (Phi) is 6.68. The molecule has 106 valence electrons. The smallest absolute Gasteiger partial charge is 0.407 e. The molecule has 0 aromatic carbocycles. The zero-order chi connectivity index (χ0) is 14.3. The normalized spacial score (nSPS) is 13.2. The van der Waals surface area contributed by atoms with E-state index in [1.54, 1.807) is 20.8 Å². The van der Waals surface area contributed by atoms with E-state index in [1.807, 2.05) is 13.8 Å². The van der Waals surface area contributed by atoms with Crippen LogP contribution >= 0.6 is 0 Å². The number of ether oxygens (including phenoxy) is 1. The van der Waals surface area contributed by atoms with Crippen molar-refractivity contribution in [1.29, 1.82) is 0 Å². The van der Waals surface area contributed by atoms with Gasteiger partial charge in [-0.2, -0.15) is 0 Å². The zero-order valence-electron chi connectivity index (χ0n) is 11.7. The molecule has 0 unspecified atom stereocenters. The van der Waals surface area contributed by atoms with Crippen molar-refractivity contribution < 1.29 is 19.4 Å². The Balaban J connectivity index is 3.85. The quantitative estimate of drug-likeness (QED) is 0.625. The second-order valence-electron chi connectivity index (χ2n) is 5.44. The van der Waals surface area contributed by atoms with Crippen molar-refractivity contribution in [2.45, 2.75) is 46.3 Å². The maximum Gasteiger partial charge on any atom is 0.407 e. The van der Waals surface area contributed by atoms with Crippen LogP contribution in [0.3, 0.4) is 0 Å². The van der Waals surface area contributed by atoms with Crippen LogP contribution in [0, 0.1) is 5.92 Å². The van der Waals surface area contributed by atoms with Crippen LogP contribution in [0.1, 0.15) is 34.6 Å². The molecule has 0 fully saturated rings. The Hall–Kier alpha value is -1.30. The first kappa shape index (κ1) is 16.7. The summed E-state index contributed by atoms with van der Waals surface area (Å²) in [6, 6.07) is -0.606. The topological polar surface area (TPSA) is 87.7 Å². The number of carboxylic acids is 1. The Morgan fingerprint density at radius 1 is 1.22 bits per heavy atom. The number of rotatable bonds is 6. The number of nitrogens with one attached hydrogen (secondary N) is 2. The Labute approximate surface area is 108 Å². The summed E-state index contributed by atoms with van der Waals surface area (Å²) in [5.74, 6) is -0.897.